The molecule has 0 aliphatic heterocycles. The molecule has 164 valence electrons. The Morgan fingerprint density at radius 1 is 0.844 bits per heavy atom. The molecule has 0 spiro atoms. The molecule has 0 radical (unpaired) electrons. The van der Waals surface area contributed by atoms with E-state index in [-0.39, 0.29) is 16.6 Å². The highest BCUT2D eigenvalue weighted by atomic mass is 16.5. The van der Waals surface area contributed by atoms with Crippen LogP contribution < -0.4 is 10.2 Å². The Bertz CT molecular complexity index is 1320. The zero-order valence-corrected chi connectivity index (χ0v) is 19.7. The lowest BCUT2D eigenvalue weighted by atomic mass is 9.86. The topological polar surface area (TPSA) is 39.4 Å². The van der Waals surface area contributed by atoms with E-state index in [1.165, 1.54) is 11.1 Å². The largest absolute Gasteiger partial charge is 0.481 e. The van der Waals surface area contributed by atoms with Crippen LogP contribution in [0.2, 0.25) is 0 Å². The molecule has 0 amide bonds. The van der Waals surface area contributed by atoms with Crippen LogP contribution in [0.25, 0.3) is 22.3 Å². The second kappa shape index (κ2) is 8.31. The third kappa shape index (κ3) is 4.34. The van der Waals surface area contributed by atoms with Crippen LogP contribution >= 0.6 is 0 Å². The molecule has 0 unspecified atom stereocenters. The van der Waals surface area contributed by atoms with Gasteiger partial charge < -0.3 is 9.15 Å². The average Bonchev–Trinajstić information content (AvgIpc) is 2.75. The van der Waals surface area contributed by atoms with Gasteiger partial charge in [0, 0.05) is 5.56 Å². The van der Waals surface area contributed by atoms with E-state index in [4.69, 9.17) is 9.15 Å². The molecule has 4 rings (SSSR count). The lowest BCUT2D eigenvalue weighted by molar-refractivity contribution is 0.298. The van der Waals surface area contributed by atoms with Crippen molar-refractivity contribution in [3.8, 4) is 17.1 Å². The van der Waals surface area contributed by atoms with Crippen LogP contribution in [0.3, 0.4) is 0 Å². The molecule has 0 N–H and O–H groups in total. The highest BCUT2D eigenvalue weighted by Gasteiger charge is 2.20. The molecule has 0 aliphatic rings. The molecule has 0 saturated heterocycles. The number of aryl methyl sites for hydroxylation is 3. The summed E-state index contributed by atoms with van der Waals surface area (Å²) in [6.45, 7) is 12.9. The summed E-state index contributed by atoms with van der Waals surface area (Å²) < 4.78 is 12.4. The van der Waals surface area contributed by atoms with E-state index in [9.17, 15) is 4.79 Å². The Balaban J connectivity index is 1.85. The molecule has 4 aromatic rings. The van der Waals surface area contributed by atoms with Crippen molar-refractivity contribution in [3.63, 3.8) is 0 Å². The summed E-state index contributed by atoms with van der Waals surface area (Å²) in [7, 11) is 0. The monoisotopic (exact) mass is 426 g/mol. The standard InChI is InChI=1S/C29H30O3/c1-18-7-9-21(10-8-18)17-31-28-26(30)24-15-19(2)20(3)16-25(24)32-27(28)22-11-13-23(14-12-22)29(4,5)6/h7-16H,17H2,1-6H3. The van der Waals surface area contributed by atoms with Crippen LogP contribution in [-0.4, -0.2) is 0 Å². The van der Waals surface area contributed by atoms with E-state index in [2.05, 4.69) is 32.9 Å². The first-order valence-electron chi connectivity index (χ1n) is 11.0. The fourth-order valence-electron chi connectivity index (χ4n) is 3.72. The van der Waals surface area contributed by atoms with Crippen molar-refractivity contribution in [1.29, 1.82) is 0 Å². The van der Waals surface area contributed by atoms with Gasteiger partial charge in [-0.3, -0.25) is 4.79 Å². The highest BCUT2D eigenvalue weighted by molar-refractivity contribution is 5.83. The normalized spacial score (nSPS) is 11.7. The maximum Gasteiger partial charge on any atom is 0.235 e. The molecule has 32 heavy (non-hydrogen) atoms. The van der Waals surface area contributed by atoms with Crippen LogP contribution in [0, 0.1) is 20.8 Å². The summed E-state index contributed by atoms with van der Waals surface area (Å²) in [4.78, 5) is 13.5. The lowest BCUT2D eigenvalue weighted by Gasteiger charge is -2.19. The molecular weight excluding hydrogens is 396 g/mol. The number of ether oxygens (including phenoxy) is 1. The molecule has 0 aliphatic carbocycles. The molecule has 3 heteroatoms. The van der Waals surface area contributed by atoms with E-state index in [1.807, 2.05) is 69.3 Å². The van der Waals surface area contributed by atoms with Gasteiger partial charge in [-0.1, -0.05) is 74.9 Å². The van der Waals surface area contributed by atoms with Gasteiger partial charge in [0.1, 0.15) is 12.2 Å². The van der Waals surface area contributed by atoms with Crippen molar-refractivity contribution in [1.82, 2.24) is 0 Å². The summed E-state index contributed by atoms with van der Waals surface area (Å²) in [6.07, 6.45) is 0. The van der Waals surface area contributed by atoms with Gasteiger partial charge in [0.25, 0.3) is 0 Å². The van der Waals surface area contributed by atoms with Crippen molar-refractivity contribution in [2.75, 3.05) is 0 Å². The summed E-state index contributed by atoms with van der Waals surface area (Å²) >= 11 is 0. The summed E-state index contributed by atoms with van der Waals surface area (Å²) in [5.41, 5.74) is 6.86. The van der Waals surface area contributed by atoms with E-state index < -0.39 is 0 Å². The van der Waals surface area contributed by atoms with Crippen molar-refractivity contribution >= 4 is 11.0 Å². The Kier molecular flexibility index (Phi) is 5.68. The fourth-order valence-corrected chi connectivity index (χ4v) is 3.72. The molecule has 0 saturated carbocycles. The smallest absolute Gasteiger partial charge is 0.235 e. The molecule has 0 bridgehead atoms. The summed E-state index contributed by atoms with van der Waals surface area (Å²) in [6, 6.07) is 20.1. The Labute approximate surface area is 189 Å². The van der Waals surface area contributed by atoms with Gasteiger partial charge in [-0.05, 0) is 60.6 Å². The average molecular weight is 427 g/mol. The second-order valence-corrected chi connectivity index (χ2v) is 9.62. The van der Waals surface area contributed by atoms with E-state index in [0.717, 1.165) is 22.3 Å². The molecule has 0 fully saturated rings. The quantitative estimate of drug-likeness (QED) is 0.345. The third-order valence-electron chi connectivity index (χ3n) is 5.98. The van der Waals surface area contributed by atoms with Crippen LogP contribution in [0.5, 0.6) is 5.75 Å². The lowest BCUT2D eigenvalue weighted by Crippen LogP contribution is -2.12. The van der Waals surface area contributed by atoms with Crippen molar-refractivity contribution in [3.05, 3.63) is 98.7 Å². The zero-order chi connectivity index (χ0) is 23.0. The second-order valence-electron chi connectivity index (χ2n) is 9.62. The van der Waals surface area contributed by atoms with Crippen molar-refractivity contribution in [2.45, 2.75) is 53.6 Å². The number of fused-ring (bicyclic) bond motifs is 1. The van der Waals surface area contributed by atoms with Gasteiger partial charge in [0.05, 0.1) is 5.39 Å². The minimum atomic E-state index is -0.142. The molecule has 0 atom stereocenters. The first kappa shape index (κ1) is 21.9. The minimum Gasteiger partial charge on any atom is -0.481 e. The van der Waals surface area contributed by atoms with Gasteiger partial charge in [-0.2, -0.15) is 0 Å². The van der Waals surface area contributed by atoms with Crippen LogP contribution in [0.1, 0.15) is 48.6 Å². The van der Waals surface area contributed by atoms with E-state index in [1.54, 1.807) is 0 Å². The predicted octanol–water partition coefficient (Wildman–Crippen LogP) is 7.26. The number of rotatable bonds is 4. The molecule has 1 heterocycles. The minimum absolute atomic E-state index is 0.0438. The Hall–Kier alpha value is -3.33. The number of benzene rings is 3. The first-order valence-corrected chi connectivity index (χ1v) is 11.0. The fraction of sp³-hybridized carbons (Fsp3) is 0.276. The van der Waals surface area contributed by atoms with E-state index in [0.29, 0.717) is 23.3 Å². The molecular formula is C29H30O3. The van der Waals surface area contributed by atoms with Gasteiger partial charge in [-0.25, -0.2) is 0 Å². The Morgan fingerprint density at radius 2 is 1.47 bits per heavy atom. The van der Waals surface area contributed by atoms with Crippen LogP contribution in [0.4, 0.5) is 0 Å². The first-order chi connectivity index (χ1) is 15.1. The zero-order valence-electron chi connectivity index (χ0n) is 19.7. The Morgan fingerprint density at radius 3 is 2.09 bits per heavy atom. The van der Waals surface area contributed by atoms with Crippen molar-refractivity contribution in [2.24, 2.45) is 0 Å². The van der Waals surface area contributed by atoms with E-state index >= 15 is 0 Å². The van der Waals surface area contributed by atoms with Gasteiger partial charge in [-0.15, -0.1) is 0 Å². The van der Waals surface area contributed by atoms with Crippen LogP contribution in [0.15, 0.2) is 69.9 Å². The summed E-state index contributed by atoms with van der Waals surface area (Å²) in [5, 5.41) is 0.544. The maximum absolute atomic E-state index is 13.5. The predicted molar refractivity (Wildman–Crippen MR) is 132 cm³/mol. The number of hydrogen-bond acceptors (Lipinski definition) is 3. The third-order valence-corrected chi connectivity index (χ3v) is 5.98. The van der Waals surface area contributed by atoms with Crippen LogP contribution in [-0.2, 0) is 12.0 Å². The molecule has 3 nitrogen and oxygen atoms in total. The van der Waals surface area contributed by atoms with Crippen molar-refractivity contribution < 1.29 is 9.15 Å². The van der Waals surface area contributed by atoms with Gasteiger partial charge in [0.2, 0.25) is 11.2 Å². The summed E-state index contributed by atoms with van der Waals surface area (Å²) in [5.74, 6) is 0.725. The number of hydrogen-bond donors (Lipinski definition) is 0. The molecule has 1 aromatic heterocycles. The maximum atomic E-state index is 13.5. The van der Waals surface area contributed by atoms with Gasteiger partial charge in [0.15, 0.2) is 5.76 Å². The SMILES string of the molecule is Cc1ccc(COc2c(-c3ccc(C(C)(C)C)cc3)oc3cc(C)c(C)cc3c2=O)cc1. The van der Waals surface area contributed by atoms with Gasteiger partial charge >= 0.3 is 0 Å². The molecule has 3 aromatic carbocycles. The highest BCUT2D eigenvalue weighted by Crippen LogP contribution is 2.34.